The fourth-order valence-corrected chi connectivity index (χ4v) is 3.61. The van der Waals surface area contributed by atoms with Crippen LogP contribution in [0.15, 0.2) is 34.7 Å². The molecule has 27 heavy (non-hydrogen) atoms. The number of nitrogens with zero attached hydrogens (tertiary/aromatic N) is 2. The van der Waals surface area contributed by atoms with Gasteiger partial charge in [-0.15, -0.1) is 0 Å². The SMILES string of the molecule is CC[N+](C)(C)CCCCC[N+](CC)(CC)Cc1cc2ccccc2o1.[I-].[I-]. The molecule has 1 heterocycles. The lowest BCUT2D eigenvalue weighted by molar-refractivity contribution is -0.938. The molecule has 0 saturated carbocycles. The Morgan fingerprint density at radius 1 is 0.815 bits per heavy atom. The molecular weight excluding hydrogens is 562 g/mol. The summed E-state index contributed by atoms with van der Waals surface area (Å²) in [5.41, 5.74) is 1.02. The molecule has 2 rings (SSSR count). The van der Waals surface area contributed by atoms with Gasteiger partial charge in [-0.3, -0.25) is 0 Å². The number of unbranched alkanes of at least 4 members (excludes halogenated alkanes) is 2. The van der Waals surface area contributed by atoms with Crippen LogP contribution in [0.4, 0.5) is 0 Å². The zero-order chi connectivity index (χ0) is 18.3. The van der Waals surface area contributed by atoms with Crippen molar-refractivity contribution in [1.82, 2.24) is 0 Å². The van der Waals surface area contributed by atoms with Crippen LogP contribution < -0.4 is 48.0 Å². The average molecular weight is 600 g/mol. The van der Waals surface area contributed by atoms with Crippen LogP contribution in [-0.4, -0.2) is 55.8 Å². The van der Waals surface area contributed by atoms with Crippen LogP contribution in [0.25, 0.3) is 11.0 Å². The number of fused-ring (bicyclic) bond motifs is 1. The monoisotopic (exact) mass is 600 g/mol. The van der Waals surface area contributed by atoms with Crippen molar-refractivity contribution in [2.45, 2.75) is 46.6 Å². The van der Waals surface area contributed by atoms with E-state index in [-0.39, 0.29) is 48.0 Å². The second kappa shape index (κ2) is 12.6. The third-order valence-corrected chi connectivity index (χ3v) is 6.06. The molecule has 0 atom stereocenters. The molecular formula is C22H38I2N2O. The lowest BCUT2D eigenvalue weighted by Gasteiger charge is -2.36. The fraction of sp³-hybridized carbons (Fsp3) is 0.636. The Morgan fingerprint density at radius 2 is 1.44 bits per heavy atom. The van der Waals surface area contributed by atoms with E-state index in [4.69, 9.17) is 4.42 Å². The van der Waals surface area contributed by atoms with Crippen LogP contribution >= 0.6 is 0 Å². The molecule has 0 aliphatic carbocycles. The highest BCUT2D eigenvalue weighted by Crippen LogP contribution is 2.23. The number of rotatable bonds is 11. The van der Waals surface area contributed by atoms with Crippen molar-refractivity contribution in [3.05, 3.63) is 36.1 Å². The minimum atomic E-state index is 0. The molecule has 0 N–H and O–H groups in total. The number of quaternary nitrogens is 2. The molecule has 0 aliphatic rings. The quantitative estimate of drug-likeness (QED) is 0.185. The molecule has 5 heteroatoms. The third-order valence-electron chi connectivity index (χ3n) is 6.06. The zero-order valence-corrected chi connectivity index (χ0v) is 22.1. The van der Waals surface area contributed by atoms with E-state index in [9.17, 15) is 0 Å². The lowest BCUT2D eigenvalue weighted by atomic mass is 10.1. The summed E-state index contributed by atoms with van der Waals surface area (Å²) < 4.78 is 8.37. The summed E-state index contributed by atoms with van der Waals surface area (Å²) >= 11 is 0. The fourth-order valence-electron chi connectivity index (χ4n) is 3.61. The Labute approximate surface area is 200 Å². The van der Waals surface area contributed by atoms with Gasteiger partial charge in [0.1, 0.15) is 12.1 Å². The van der Waals surface area contributed by atoms with Crippen LogP contribution in [0.1, 0.15) is 45.8 Å². The van der Waals surface area contributed by atoms with Crippen LogP contribution in [0.3, 0.4) is 0 Å². The molecule has 0 amide bonds. The minimum absolute atomic E-state index is 0. The van der Waals surface area contributed by atoms with Gasteiger partial charge in [0.25, 0.3) is 0 Å². The topological polar surface area (TPSA) is 13.1 Å². The molecule has 3 nitrogen and oxygen atoms in total. The molecule has 0 fully saturated rings. The predicted molar refractivity (Wildman–Crippen MR) is 107 cm³/mol. The Morgan fingerprint density at radius 3 is 2.04 bits per heavy atom. The van der Waals surface area contributed by atoms with E-state index in [1.807, 2.05) is 6.07 Å². The molecule has 0 spiro atoms. The first-order chi connectivity index (χ1) is 11.9. The summed E-state index contributed by atoms with van der Waals surface area (Å²) in [4.78, 5) is 0. The van der Waals surface area contributed by atoms with Crippen molar-refractivity contribution in [2.24, 2.45) is 0 Å². The Kier molecular flexibility index (Phi) is 12.7. The molecule has 0 saturated heterocycles. The second-order valence-corrected chi connectivity index (χ2v) is 8.14. The van der Waals surface area contributed by atoms with Crippen molar-refractivity contribution in [1.29, 1.82) is 0 Å². The number of hydrogen-bond donors (Lipinski definition) is 0. The highest BCUT2D eigenvalue weighted by Gasteiger charge is 2.25. The third kappa shape index (κ3) is 8.19. The molecule has 0 bridgehead atoms. The van der Waals surface area contributed by atoms with Crippen LogP contribution in [0.2, 0.25) is 0 Å². The summed E-state index contributed by atoms with van der Waals surface area (Å²) in [6.45, 7) is 14.0. The van der Waals surface area contributed by atoms with Gasteiger partial charge in [0.2, 0.25) is 0 Å². The molecule has 0 aliphatic heterocycles. The number of furan rings is 1. The van der Waals surface area contributed by atoms with E-state index in [1.165, 1.54) is 57.4 Å². The maximum absolute atomic E-state index is 6.10. The number of halogens is 2. The van der Waals surface area contributed by atoms with Gasteiger partial charge >= 0.3 is 0 Å². The van der Waals surface area contributed by atoms with Gasteiger partial charge in [0.05, 0.1) is 46.8 Å². The smallest absolute Gasteiger partial charge is 0.159 e. The number of para-hydroxylation sites is 1. The van der Waals surface area contributed by atoms with Gasteiger partial charge in [0, 0.05) is 5.39 Å². The zero-order valence-electron chi connectivity index (χ0n) is 17.8. The van der Waals surface area contributed by atoms with E-state index in [0.29, 0.717) is 0 Å². The molecule has 0 radical (unpaired) electrons. The Bertz CT molecular complexity index is 618. The van der Waals surface area contributed by atoms with E-state index in [0.717, 1.165) is 26.9 Å². The van der Waals surface area contributed by atoms with Gasteiger partial charge in [-0.25, -0.2) is 0 Å². The molecule has 1 aromatic heterocycles. The van der Waals surface area contributed by atoms with Crippen LogP contribution in [-0.2, 0) is 6.54 Å². The van der Waals surface area contributed by atoms with Gasteiger partial charge in [-0.1, -0.05) is 18.2 Å². The first kappa shape index (κ1) is 27.1. The molecule has 0 unspecified atom stereocenters. The summed E-state index contributed by atoms with van der Waals surface area (Å²) in [5, 5.41) is 1.22. The van der Waals surface area contributed by atoms with Crippen molar-refractivity contribution < 1.29 is 61.3 Å². The second-order valence-electron chi connectivity index (χ2n) is 8.14. The van der Waals surface area contributed by atoms with E-state index in [2.05, 4.69) is 59.1 Å². The van der Waals surface area contributed by atoms with Gasteiger partial charge in [-0.05, 0) is 52.2 Å². The highest BCUT2D eigenvalue weighted by atomic mass is 127. The normalized spacial score (nSPS) is 11.9. The molecule has 156 valence electrons. The summed E-state index contributed by atoms with van der Waals surface area (Å²) in [7, 11) is 4.67. The molecule has 2 aromatic rings. The maximum Gasteiger partial charge on any atom is 0.159 e. The van der Waals surface area contributed by atoms with Gasteiger partial charge < -0.3 is 61.3 Å². The first-order valence-electron chi connectivity index (χ1n) is 10.1. The lowest BCUT2D eigenvalue weighted by Crippen LogP contribution is -3.00. The van der Waals surface area contributed by atoms with E-state index >= 15 is 0 Å². The minimum Gasteiger partial charge on any atom is -1.00 e. The van der Waals surface area contributed by atoms with E-state index < -0.39 is 0 Å². The predicted octanol–water partition coefficient (Wildman–Crippen LogP) is -0.936. The van der Waals surface area contributed by atoms with Gasteiger partial charge in [-0.2, -0.15) is 0 Å². The van der Waals surface area contributed by atoms with Crippen molar-refractivity contribution in [3.63, 3.8) is 0 Å². The Balaban J connectivity index is 0.00000338. The van der Waals surface area contributed by atoms with E-state index in [1.54, 1.807) is 0 Å². The van der Waals surface area contributed by atoms with Crippen LogP contribution in [0, 0.1) is 0 Å². The highest BCUT2D eigenvalue weighted by molar-refractivity contribution is 5.77. The summed E-state index contributed by atoms with van der Waals surface area (Å²) in [6.07, 6.45) is 3.98. The molecule has 1 aromatic carbocycles. The van der Waals surface area contributed by atoms with Crippen molar-refractivity contribution in [3.8, 4) is 0 Å². The van der Waals surface area contributed by atoms with Gasteiger partial charge in [0.15, 0.2) is 5.76 Å². The number of hydrogen-bond acceptors (Lipinski definition) is 1. The maximum atomic E-state index is 6.10. The van der Waals surface area contributed by atoms with Crippen molar-refractivity contribution in [2.75, 3.05) is 46.8 Å². The van der Waals surface area contributed by atoms with Crippen molar-refractivity contribution >= 4 is 11.0 Å². The summed E-state index contributed by atoms with van der Waals surface area (Å²) in [6, 6.07) is 10.6. The average Bonchev–Trinajstić information content (AvgIpc) is 3.02. The number of benzene rings is 1. The summed E-state index contributed by atoms with van der Waals surface area (Å²) in [5.74, 6) is 1.13. The Hall–Kier alpha value is 0.140. The largest absolute Gasteiger partial charge is 1.00 e. The first-order valence-corrected chi connectivity index (χ1v) is 10.1. The standard InChI is InChI=1S/C22H38N2O.2HI/c1-6-23(4,5)16-12-9-13-17-24(7-2,8-3)19-21-18-20-14-10-11-15-22(20)25-21;;/h10-11,14-15,18H,6-9,12-13,16-17,19H2,1-5H3;2*1H/q+2;;/p-2. The van der Waals surface area contributed by atoms with Crippen LogP contribution in [0.5, 0.6) is 0 Å².